The van der Waals surface area contributed by atoms with Crippen molar-refractivity contribution in [3.05, 3.63) is 83.9 Å². The summed E-state index contributed by atoms with van der Waals surface area (Å²) in [4.78, 5) is 15.7. The summed E-state index contributed by atoms with van der Waals surface area (Å²) in [6.45, 7) is 6.13. The third kappa shape index (κ3) is 4.37. The molecule has 4 unspecified atom stereocenters. The Hall–Kier alpha value is -2.47. The Morgan fingerprint density at radius 1 is 1.12 bits per heavy atom. The molecule has 0 aromatic heterocycles. The molecule has 2 bridgehead atoms. The Labute approximate surface area is 196 Å². The van der Waals surface area contributed by atoms with Crippen molar-refractivity contribution in [2.45, 2.75) is 69.4 Å². The van der Waals surface area contributed by atoms with Crippen LogP contribution in [-0.2, 0) is 21.6 Å². The van der Waals surface area contributed by atoms with Gasteiger partial charge < -0.3 is 14.9 Å². The maximum absolute atomic E-state index is 13.4. The minimum atomic E-state index is -1.24. The van der Waals surface area contributed by atoms with Gasteiger partial charge in [0.15, 0.2) is 0 Å². The van der Waals surface area contributed by atoms with E-state index in [1.807, 2.05) is 69.3 Å². The Kier molecular flexibility index (Phi) is 6.50. The zero-order valence-corrected chi connectivity index (χ0v) is 19.8. The highest BCUT2D eigenvalue weighted by atomic mass is 16.6. The van der Waals surface area contributed by atoms with Crippen LogP contribution in [0.4, 0.5) is 0 Å². The number of carbonyl (C=O) groups excluding carboxylic acids is 1. The second kappa shape index (κ2) is 9.05. The molecule has 2 fully saturated rings. The lowest BCUT2D eigenvalue weighted by Gasteiger charge is -2.54. The highest BCUT2D eigenvalue weighted by Gasteiger charge is 2.66. The maximum Gasteiger partial charge on any atom is 0.311 e. The summed E-state index contributed by atoms with van der Waals surface area (Å²) in [6, 6.07) is 20.1. The number of piperidine rings is 1. The fourth-order valence-electron chi connectivity index (χ4n) is 5.80. The Balaban J connectivity index is 1.87. The molecule has 33 heavy (non-hydrogen) atoms. The van der Waals surface area contributed by atoms with Crippen molar-refractivity contribution < 1.29 is 19.7 Å². The second-order valence-corrected chi connectivity index (χ2v) is 10.3. The van der Waals surface area contributed by atoms with Crippen LogP contribution in [0.25, 0.3) is 0 Å². The molecule has 0 spiro atoms. The minimum Gasteiger partial charge on any atom is -0.460 e. The molecule has 0 amide bonds. The van der Waals surface area contributed by atoms with Crippen molar-refractivity contribution in [3.8, 4) is 0 Å². The van der Waals surface area contributed by atoms with Crippen LogP contribution >= 0.6 is 0 Å². The summed E-state index contributed by atoms with van der Waals surface area (Å²) in [5, 5.41) is 21.7. The summed E-state index contributed by atoms with van der Waals surface area (Å²) in [5.74, 6) is -0.566. The van der Waals surface area contributed by atoms with E-state index in [1.165, 1.54) is 0 Å². The molecule has 0 aliphatic carbocycles. The van der Waals surface area contributed by atoms with Crippen LogP contribution in [0.5, 0.6) is 0 Å². The van der Waals surface area contributed by atoms with Crippen molar-refractivity contribution in [3.63, 3.8) is 0 Å². The van der Waals surface area contributed by atoms with Gasteiger partial charge in [-0.05, 0) is 51.2 Å². The van der Waals surface area contributed by atoms with E-state index < -0.39 is 16.7 Å². The topological polar surface area (TPSA) is 70.0 Å². The summed E-state index contributed by atoms with van der Waals surface area (Å²) < 4.78 is 5.85. The predicted octanol–water partition coefficient (Wildman–Crippen LogP) is 4.19. The Morgan fingerprint density at radius 2 is 1.76 bits per heavy atom. The molecule has 4 rings (SSSR count). The van der Waals surface area contributed by atoms with Gasteiger partial charge in [-0.25, -0.2) is 0 Å². The number of benzene rings is 2. The zero-order chi connectivity index (χ0) is 23.7. The first-order valence-electron chi connectivity index (χ1n) is 11.8. The summed E-state index contributed by atoms with van der Waals surface area (Å²) in [7, 11) is 0. The summed E-state index contributed by atoms with van der Waals surface area (Å²) in [5.41, 5.74) is -0.533. The molecule has 2 aromatic rings. The largest absolute Gasteiger partial charge is 0.460 e. The number of nitrogens with zero attached hydrogens (tertiary/aromatic N) is 1. The molecule has 0 radical (unpaired) electrons. The quantitative estimate of drug-likeness (QED) is 0.511. The number of hydrogen-bond acceptors (Lipinski definition) is 5. The van der Waals surface area contributed by atoms with Crippen LogP contribution in [0.1, 0.15) is 51.2 Å². The van der Waals surface area contributed by atoms with Gasteiger partial charge in [0, 0.05) is 12.6 Å². The van der Waals surface area contributed by atoms with Gasteiger partial charge in [0.25, 0.3) is 0 Å². The summed E-state index contributed by atoms with van der Waals surface area (Å²) >= 11 is 0. The molecule has 2 N–H and O–H groups in total. The van der Waals surface area contributed by atoms with Gasteiger partial charge in [-0.3, -0.25) is 9.69 Å². The Morgan fingerprint density at radius 3 is 2.36 bits per heavy atom. The molecule has 5 nitrogen and oxygen atoms in total. The van der Waals surface area contributed by atoms with E-state index >= 15 is 0 Å². The predicted molar refractivity (Wildman–Crippen MR) is 128 cm³/mol. The number of aliphatic hydroxyl groups is 2. The smallest absolute Gasteiger partial charge is 0.311 e. The molecular formula is C28H35NO4. The molecule has 2 aliphatic heterocycles. The van der Waals surface area contributed by atoms with Gasteiger partial charge in [-0.2, -0.15) is 0 Å². The van der Waals surface area contributed by atoms with Gasteiger partial charge in [-0.15, -0.1) is 0 Å². The lowest BCUT2D eigenvalue weighted by molar-refractivity contribution is -0.161. The van der Waals surface area contributed by atoms with Gasteiger partial charge >= 0.3 is 5.97 Å². The fourth-order valence-corrected chi connectivity index (χ4v) is 5.80. The maximum atomic E-state index is 13.4. The van der Waals surface area contributed by atoms with Crippen molar-refractivity contribution >= 4 is 5.97 Å². The van der Waals surface area contributed by atoms with Crippen molar-refractivity contribution in [2.24, 2.45) is 5.92 Å². The van der Waals surface area contributed by atoms with Gasteiger partial charge in [-0.1, -0.05) is 72.8 Å². The molecule has 4 atom stereocenters. The van der Waals surface area contributed by atoms with Crippen LogP contribution in [-0.4, -0.2) is 44.9 Å². The van der Waals surface area contributed by atoms with Crippen molar-refractivity contribution in [1.29, 1.82) is 0 Å². The minimum absolute atomic E-state index is 0.0527. The average Bonchev–Trinajstić information content (AvgIpc) is 3.04. The zero-order valence-electron chi connectivity index (χ0n) is 19.8. The van der Waals surface area contributed by atoms with E-state index in [-0.39, 0.29) is 24.5 Å². The van der Waals surface area contributed by atoms with E-state index in [4.69, 9.17) is 4.74 Å². The van der Waals surface area contributed by atoms with E-state index in [0.29, 0.717) is 25.8 Å². The number of aliphatic hydroxyl groups excluding tert-OH is 1. The van der Waals surface area contributed by atoms with E-state index in [2.05, 4.69) is 17.0 Å². The fraction of sp³-hybridized carbons (Fsp3) is 0.464. The number of carbonyl (C=O) groups is 1. The van der Waals surface area contributed by atoms with Crippen LogP contribution in [0.3, 0.4) is 0 Å². The lowest BCUT2D eigenvalue weighted by atomic mass is 9.68. The molecular weight excluding hydrogens is 414 g/mol. The van der Waals surface area contributed by atoms with Gasteiger partial charge in [0.1, 0.15) is 11.2 Å². The highest BCUT2D eigenvalue weighted by Crippen LogP contribution is 2.59. The Bertz CT molecular complexity index is 984. The summed E-state index contributed by atoms with van der Waals surface area (Å²) in [6.07, 6.45) is 4.99. The first-order chi connectivity index (χ1) is 15.7. The second-order valence-electron chi connectivity index (χ2n) is 10.3. The van der Waals surface area contributed by atoms with E-state index in [9.17, 15) is 15.0 Å². The monoisotopic (exact) mass is 449 g/mol. The lowest BCUT2D eigenvalue weighted by Crippen LogP contribution is -2.62. The van der Waals surface area contributed by atoms with Crippen LogP contribution in [0.2, 0.25) is 0 Å². The van der Waals surface area contributed by atoms with Gasteiger partial charge in [0.2, 0.25) is 0 Å². The number of rotatable bonds is 6. The number of hydrogen-bond donors (Lipinski definition) is 2. The SMILES string of the molecule is CC(C)(C)OC(=O)C1CC2(c3ccccc3)N(Cc3ccccc3)C1CCC2(O)/C=C\CO. The van der Waals surface area contributed by atoms with E-state index in [1.54, 1.807) is 12.2 Å². The number of fused-ring (bicyclic) bond motifs is 2. The van der Waals surface area contributed by atoms with Crippen LogP contribution in [0.15, 0.2) is 72.8 Å². The van der Waals surface area contributed by atoms with Crippen LogP contribution in [0, 0.1) is 5.92 Å². The number of ether oxygens (including phenoxy) is 1. The third-order valence-electron chi connectivity index (χ3n) is 7.06. The van der Waals surface area contributed by atoms with Crippen molar-refractivity contribution in [1.82, 2.24) is 4.90 Å². The highest BCUT2D eigenvalue weighted by molar-refractivity contribution is 5.75. The van der Waals surface area contributed by atoms with Gasteiger partial charge in [0.05, 0.1) is 18.1 Å². The standard InChI is InChI=1S/C28H35NO4/c1-26(2,3)33-25(31)23-19-28(22-13-8-5-9-14-22)27(32,16-10-18-30)17-15-24(23)29(28)20-21-11-6-4-7-12-21/h4-14,16,23-24,30,32H,15,17-20H2,1-3H3/b16-10-. The molecule has 2 saturated heterocycles. The molecule has 0 saturated carbocycles. The average molecular weight is 450 g/mol. The molecule has 2 aliphatic rings. The molecule has 2 aromatic carbocycles. The first kappa shape index (κ1) is 23.7. The molecule has 176 valence electrons. The van der Waals surface area contributed by atoms with Crippen LogP contribution < -0.4 is 0 Å². The third-order valence-corrected chi connectivity index (χ3v) is 7.06. The van der Waals surface area contributed by atoms with Crippen molar-refractivity contribution in [2.75, 3.05) is 6.61 Å². The molecule has 5 heteroatoms. The number of esters is 1. The normalized spacial score (nSPS) is 30.0. The van der Waals surface area contributed by atoms with E-state index in [0.717, 1.165) is 11.1 Å². The first-order valence-corrected chi connectivity index (χ1v) is 11.8. The molecule has 2 heterocycles.